The highest BCUT2D eigenvalue weighted by Gasteiger charge is 2.24. The maximum absolute atomic E-state index is 13.2. The molecular formula is C24H24N2O2S. The molecule has 3 heterocycles. The van der Waals surface area contributed by atoms with Gasteiger partial charge in [-0.1, -0.05) is 30.3 Å². The van der Waals surface area contributed by atoms with Gasteiger partial charge < -0.3 is 14.5 Å². The number of fused-ring (bicyclic) bond motifs is 3. The number of para-hydroxylation sites is 2. The van der Waals surface area contributed by atoms with Gasteiger partial charge in [0.05, 0.1) is 4.88 Å². The number of carbonyl (C=O) groups is 1. The molecule has 0 unspecified atom stereocenters. The first kappa shape index (κ1) is 18.3. The van der Waals surface area contributed by atoms with E-state index in [1.54, 1.807) is 11.3 Å². The molecule has 2 aliphatic rings. The van der Waals surface area contributed by atoms with E-state index in [1.165, 1.54) is 24.1 Å². The fourth-order valence-corrected chi connectivity index (χ4v) is 5.42. The summed E-state index contributed by atoms with van der Waals surface area (Å²) >= 11 is 1.57. The van der Waals surface area contributed by atoms with Crippen molar-refractivity contribution in [2.75, 3.05) is 25.0 Å². The predicted octanol–water partition coefficient (Wildman–Crippen LogP) is 5.18. The minimum Gasteiger partial charge on any atom is -0.488 e. The van der Waals surface area contributed by atoms with Crippen molar-refractivity contribution in [2.24, 2.45) is 0 Å². The van der Waals surface area contributed by atoms with Crippen LogP contribution in [0.25, 0.3) is 10.4 Å². The lowest BCUT2D eigenvalue weighted by molar-refractivity contribution is 0.0790. The fourth-order valence-electron chi connectivity index (χ4n) is 4.23. The number of hydrogen-bond donors (Lipinski definition) is 0. The van der Waals surface area contributed by atoms with Crippen LogP contribution in [0.4, 0.5) is 5.69 Å². The maximum atomic E-state index is 13.2. The van der Waals surface area contributed by atoms with Crippen molar-refractivity contribution >= 4 is 22.9 Å². The molecule has 0 atom stereocenters. The van der Waals surface area contributed by atoms with Crippen LogP contribution in [0.1, 0.15) is 33.6 Å². The van der Waals surface area contributed by atoms with Crippen LogP contribution in [0, 0.1) is 0 Å². The van der Waals surface area contributed by atoms with E-state index < -0.39 is 0 Å². The molecule has 0 N–H and O–H groups in total. The summed E-state index contributed by atoms with van der Waals surface area (Å²) in [5, 5.41) is 0. The van der Waals surface area contributed by atoms with E-state index in [4.69, 9.17) is 4.74 Å². The van der Waals surface area contributed by atoms with Gasteiger partial charge in [0.15, 0.2) is 0 Å². The Morgan fingerprint density at radius 3 is 2.72 bits per heavy atom. The highest BCUT2D eigenvalue weighted by atomic mass is 32.1. The Balaban J connectivity index is 1.38. The molecule has 0 radical (unpaired) electrons. The molecule has 2 aliphatic heterocycles. The molecule has 0 spiro atoms. The van der Waals surface area contributed by atoms with Crippen molar-refractivity contribution in [2.45, 2.75) is 26.0 Å². The molecule has 1 aromatic heterocycles. The molecule has 1 saturated heterocycles. The number of ether oxygens (including phenoxy) is 1. The van der Waals surface area contributed by atoms with E-state index in [-0.39, 0.29) is 5.91 Å². The van der Waals surface area contributed by atoms with Gasteiger partial charge in [-0.3, -0.25) is 4.79 Å². The number of rotatable bonds is 4. The molecule has 5 heteroatoms. The first-order valence-corrected chi connectivity index (χ1v) is 11.0. The van der Waals surface area contributed by atoms with Gasteiger partial charge in [-0.05, 0) is 42.7 Å². The summed E-state index contributed by atoms with van der Waals surface area (Å²) < 4.78 is 5.85. The zero-order valence-corrected chi connectivity index (χ0v) is 17.4. The minimum atomic E-state index is 0.0677. The molecule has 3 aromatic rings. The van der Waals surface area contributed by atoms with Crippen LogP contribution in [-0.4, -0.2) is 30.9 Å². The first-order chi connectivity index (χ1) is 14.2. The summed E-state index contributed by atoms with van der Waals surface area (Å²) in [6.45, 7) is 3.34. The molecule has 2 aromatic carbocycles. The Hall–Kier alpha value is -2.79. The summed E-state index contributed by atoms with van der Waals surface area (Å²) in [5.41, 5.74) is 4.65. The normalized spacial score (nSPS) is 14.9. The Kier molecular flexibility index (Phi) is 4.76. The number of benzene rings is 2. The molecular weight excluding hydrogens is 380 g/mol. The van der Waals surface area contributed by atoms with E-state index in [1.807, 2.05) is 36.2 Å². The molecule has 1 fully saturated rings. The average Bonchev–Trinajstić information content (AvgIpc) is 3.43. The summed E-state index contributed by atoms with van der Waals surface area (Å²) in [6, 6.07) is 18.5. The number of hydrogen-bond acceptors (Lipinski definition) is 4. The number of carbonyl (C=O) groups excluding carboxylic acids is 1. The summed E-state index contributed by atoms with van der Waals surface area (Å²) in [6.07, 6.45) is 2.49. The second kappa shape index (κ2) is 7.56. The quantitative estimate of drug-likeness (QED) is 0.601. The van der Waals surface area contributed by atoms with Crippen molar-refractivity contribution in [1.29, 1.82) is 0 Å². The summed E-state index contributed by atoms with van der Waals surface area (Å²) in [7, 11) is 1.90. The zero-order valence-electron chi connectivity index (χ0n) is 16.6. The highest BCUT2D eigenvalue weighted by Crippen LogP contribution is 2.42. The molecule has 1 amide bonds. The third kappa shape index (κ3) is 3.40. The number of amides is 1. The average molecular weight is 405 g/mol. The van der Waals surface area contributed by atoms with Gasteiger partial charge in [0, 0.05) is 48.4 Å². The van der Waals surface area contributed by atoms with Crippen molar-refractivity contribution in [3.05, 3.63) is 70.6 Å². The van der Waals surface area contributed by atoms with E-state index in [9.17, 15) is 4.79 Å². The largest absolute Gasteiger partial charge is 0.488 e. The standard InChI is InChI=1S/C24H24N2O2S/c1-25(15-17-8-2-4-10-20(17)26-12-6-7-13-26)24(27)22-14-18-16-28-21-11-5-3-9-19(21)23(18)29-22/h2-5,8-11,14H,6-7,12-13,15-16H2,1H3. The molecule has 0 aliphatic carbocycles. The lowest BCUT2D eigenvalue weighted by Crippen LogP contribution is -2.27. The third-order valence-electron chi connectivity index (χ3n) is 5.73. The SMILES string of the molecule is CN(Cc1ccccc1N1CCCC1)C(=O)c1cc2c(s1)-c1ccccc1OC2. The second-order valence-corrected chi connectivity index (χ2v) is 8.79. The van der Waals surface area contributed by atoms with Gasteiger partial charge in [0.1, 0.15) is 12.4 Å². The monoisotopic (exact) mass is 404 g/mol. The zero-order chi connectivity index (χ0) is 19.8. The van der Waals surface area contributed by atoms with Gasteiger partial charge in [-0.15, -0.1) is 11.3 Å². The van der Waals surface area contributed by atoms with E-state index >= 15 is 0 Å². The molecule has 148 valence electrons. The molecule has 0 saturated carbocycles. The second-order valence-electron chi connectivity index (χ2n) is 7.73. The van der Waals surface area contributed by atoms with Crippen LogP contribution in [0.2, 0.25) is 0 Å². The van der Waals surface area contributed by atoms with E-state index in [2.05, 4.69) is 35.2 Å². The molecule has 5 rings (SSSR count). The van der Waals surface area contributed by atoms with Crippen LogP contribution < -0.4 is 9.64 Å². The Labute approximate surface area is 175 Å². The van der Waals surface area contributed by atoms with Crippen LogP contribution in [0.15, 0.2) is 54.6 Å². The van der Waals surface area contributed by atoms with Gasteiger partial charge >= 0.3 is 0 Å². The highest BCUT2D eigenvalue weighted by molar-refractivity contribution is 7.17. The van der Waals surface area contributed by atoms with Gasteiger partial charge in [-0.25, -0.2) is 0 Å². The van der Waals surface area contributed by atoms with Crippen molar-refractivity contribution in [1.82, 2.24) is 4.90 Å². The molecule has 4 nitrogen and oxygen atoms in total. The summed E-state index contributed by atoms with van der Waals surface area (Å²) in [4.78, 5) is 19.4. The smallest absolute Gasteiger partial charge is 0.263 e. The molecule has 29 heavy (non-hydrogen) atoms. The van der Waals surface area contributed by atoms with Gasteiger partial charge in [0.2, 0.25) is 0 Å². The van der Waals surface area contributed by atoms with Gasteiger partial charge in [0.25, 0.3) is 5.91 Å². The van der Waals surface area contributed by atoms with E-state index in [0.717, 1.165) is 39.7 Å². The maximum Gasteiger partial charge on any atom is 0.263 e. The topological polar surface area (TPSA) is 32.8 Å². The van der Waals surface area contributed by atoms with E-state index in [0.29, 0.717) is 13.2 Å². The number of anilines is 1. The Morgan fingerprint density at radius 1 is 1.10 bits per heavy atom. The number of nitrogens with zero attached hydrogens (tertiary/aromatic N) is 2. The Bertz CT molecular complexity index is 1050. The molecule has 0 bridgehead atoms. The van der Waals surface area contributed by atoms with Gasteiger partial charge in [-0.2, -0.15) is 0 Å². The summed E-state index contributed by atoms with van der Waals surface area (Å²) in [5.74, 6) is 0.965. The predicted molar refractivity (Wildman–Crippen MR) is 118 cm³/mol. The number of thiophene rings is 1. The van der Waals surface area contributed by atoms with Crippen LogP contribution >= 0.6 is 11.3 Å². The van der Waals surface area contributed by atoms with Crippen molar-refractivity contribution in [3.8, 4) is 16.2 Å². The lowest BCUT2D eigenvalue weighted by Gasteiger charge is -2.24. The van der Waals surface area contributed by atoms with Crippen LogP contribution in [0.5, 0.6) is 5.75 Å². The Morgan fingerprint density at radius 2 is 1.86 bits per heavy atom. The lowest BCUT2D eigenvalue weighted by atomic mass is 10.1. The van der Waals surface area contributed by atoms with Crippen molar-refractivity contribution < 1.29 is 9.53 Å². The fraction of sp³-hybridized carbons (Fsp3) is 0.292. The third-order valence-corrected chi connectivity index (χ3v) is 6.93. The van der Waals surface area contributed by atoms with Crippen LogP contribution in [0.3, 0.4) is 0 Å². The van der Waals surface area contributed by atoms with Crippen LogP contribution in [-0.2, 0) is 13.2 Å². The van der Waals surface area contributed by atoms with Crippen molar-refractivity contribution in [3.63, 3.8) is 0 Å². The first-order valence-electron chi connectivity index (χ1n) is 10.1. The minimum absolute atomic E-state index is 0.0677.